The standard InChI is InChI=1S/C33H26N4.C7H8/c1-22-12-8-10-18-27(22)37-28-19-11-9-17-25(28)30-29(37)21-20-26-31(35-23-13-4-2-5-14-23)33(34)36(32(26)30)24-15-6-3-7-16-24;1-7-5-3-2-4-6-7/h2-21,35H,34H2,1H3;2-6H,1H3. The van der Waals surface area contributed by atoms with E-state index < -0.39 is 0 Å². The summed E-state index contributed by atoms with van der Waals surface area (Å²) in [5.41, 5.74) is 17.1. The molecule has 8 rings (SSSR count). The summed E-state index contributed by atoms with van der Waals surface area (Å²) in [7, 11) is 0. The number of fused-ring (bicyclic) bond motifs is 5. The number of nitrogens with one attached hydrogen (secondary N) is 1. The molecule has 0 amide bonds. The molecule has 0 aliphatic rings. The van der Waals surface area contributed by atoms with Gasteiger partial charge in [-0.15, -0.1) is 0 Å². The SMILES string of the molecule is Cc1ccccc1.Cc1ccccc1-n1c2ccccc2c2c3c(ccc21)c(Nc1ccccc1)c(N)n3-c1ccccc1. The van der Waals surface area contributed by atoms with E-state index in [1.54, 1.807) is 0 Å². The Kier molecular flexibility index (Phi) is 7.09. The summed E-state index contributed by atoms with van der Waals surface area (Å²) in [6, 6.07) is 52.5. The third kappa shape index (κ3) is 4.77. The highest BCUT2D eigenvalue weighted by atomic mass is 15.1. The second-order valence-corrected chi connectivity index (χ2v) is 11.1. The molecule has 0 unspecified atom stereocenters. The Morgan fingerprint density at radius 3 is 1.82 bits per heavy atom. The molecule has 3 N–H and O–H groups in total. The second-order valence-electron chi connectivity index (χ2n) is 11.1. The quantitative estimate of drug-likeness (QED) is 0.221. The fourth-order valence-corrected chi connectivity index (χ4v) is 6.10. The molecular weight excluding hydrogens is 536 g/mol. The number of benzene rings is 6. The maximum absolute atomic E-state index is 6.97. The Morgan fingerprint density at radius 2 is 1.14 bits per heavy atom. The minimum absolute atomic E-state index is 0.685. The lowest BCUT2D eigenvalue weighted by Gasteiger charge is -2.11. The van der Waals surface area contributed by atoms with Crippen molar-refractivity contribution in [3.63, 3.8) is 0 Å². The van der Waals surface area contributed by atoms with E-state index >= 15 is 0 Å². The number of anilines is 3. The van der Waals surface area contributed by atoms with E-state index in [0.717, 1.165) is 33.5 Å². The molecule has 0 aliphatic heterocycles. The molecule has 0 spiro atoms. The van der Waals surface area contributed by atoms with Gasteiger partial charge >= 0.3 is 0 Å². The largest absolute Gasteiger partial charge is 0.383 e. The zero-order chi connectivity index (χ0) is 30.0. The number of nitrogens with two attached hydrogens (primary N) is 1. The monoisotopic (exact) mass is 570 g/mol. The van der Waals surface area contributed by atoms with Crippen LogP contribution in [-0.2, 0) is 0 Å². The van der Waals surface area contributed by atoms with Crippen molar-refractivity contribution < 1.29 is 0 Å². The summed E-state index contributed by atoms with van der Waals surface area (Å²) in [6.07, 6.45) is 0. The third-order valence-corrected chi connectivity index (χ3v) is 8.16. The molecule has 2 heterocycles. The van der Waals surface area contributed by atoms with Crippen LogP contribution in [0.5, 0.6) is 0 Å². The van der Waals surface area contributed by atoms with Crippen LogP contribution in [-0.4, -0.2) is 9.13 Å². The lowest BCUT2D eigenvalue weighted by molar-refractivity contribution is 1.14. The molecule has 8 aromatic rings. The van der Waals surface area contributed by atoms with Gasteiger partial charge in [-0.05, 0) is 67.9 Å². The van der Waals surface area contributed by atoms with Crippen LogP contribution in [0.3, 0.4) is 0 Å². The first-order valence-electron chi connectivity index (χ1n) is 14.9. The lowest BCUT2D eigenvalue weighted by Crippen LogP contribution is -2.02. The van der Waals surface area contributed by atoms with Crippen molar-refractivity contribution in [1.29, 1.82) is 0 Å². The predicted octanol–water partition coefficient (Wildman–Crippen LogP) is 10.4. The topological polar surface area (TPSA) is 47.9 Å². The van der Waals surface area contributed by atoms with Crippen LogP contribution in [0.2, 0.25) is 0 Å². The molecule has 0 fully saturated rings. The van der Waals surface area contributed by atoms with Crippen LogP contribution >= 0.6 is 0 Å². The van der Waals surface area contributed by atoms with Gasteiger partial charge in [0.2, 0.25) is 0 Å². The number of aryl methyl sites for hydroxylation is 2. The number of rotatable bonds is 4. The van der Waals surface area contributed by atoms with Crippen molar-refractivity contribution in [2.75, 3.05) is 11.1 Å². The number of nitrogens with zero attached hydrogens (tertiary/aromatic N) is 2. The van der Waals surface area contributed by atoms with E-state index in [-0.39, 0.29) is 0 Å². The first-order chi connectivity index (χ1) is 21.6. The van der Waals surface area contributed by atoms with Gasteiger partial charge in [0.15, 0.2) is 0 Å². The Balaban J connectivity index is 0.000000396. The summed E-state index contributed by atoms with van der Waals surface area (Å²) in [4.78, 5) is 0. The molecule has 0 atom stereocenters. The third-order valence-electron chi connectivity index (χ3n) is 8.16. The number of aromatic nitrogens is 2. The molecule has 0 bridgehead atoms. The minimum Gasteiger partial charge on any atom is -0.383 e. The summed E-state index contributed by atoms with van der Waals surface area (Å²) >= 11 is 0. The highest BCUT2D eigenvalue weighted by Gasteiger charge is 2.23. The summed E-state index contributed by atoms with van der Waals surface area (Å²) in [6.45, 7) is 4.25. The van der Waals surface area contributed by atoms with Crippen LogP contribution in [0.1, 0.15) is 11.1 Å². The number of para-hydroxylation sites is 4. The van der Waals surface area contributed by atoms with Crippen molar-refractivity contribution in [1.82, 2.24) is 9.13 Å². The van der Waals surface area contributed by atoms with Crippen LogP contribution in [0.15, 0.2) is 152 Å². The van der Waals surface area contributed by atoms with Crippen molar-refractivity contribution in [2.24, 2.45) is 0 Å². The highest BCUT2D eigenvalue weighted by Crippen LogP contribution is 2.44. The molecule has 214 valence electrons. The number of hydrogen-bond donors (Lipinski definition) is 2. The van der Waals surface area contributed by atoms with Gasteiger partial charge in [0.1, 0.15) is 5.82 Å². The van der Waals surface area contributed by atoms with Crippen LogP contribution in [0.4, 0.5) is 17.2 Å². The molecule has 4 heteroatoms. The molecule has 0 aliphatic carbocycles. The van der Waals surface area contributed by atoms with E-state index in [9.17, 15) is 0 Å². The van der Waals surface area contributed by atoms with E-state index in [2.05, 4.69) is 137 Å². The van der Waals surface area contributed by atoms with Gasteiger partial charge in [0.05, 0.1) is 22.2 Å². The van der Waals surface area contributed by atoms with Gasteiger partial charge in [-0.1, -0.05) is 109 Å². The Labute approximate surface area is 257 Å². The Bertz CT molecular complexity index is 2210. The van der Waals surface area contributed by atoms with Gasteiger partial charge in [0.25, 0.3) is 0 Å². The van der Waals surface area contributed by atoms with E-state index in [1.807, 2.05) is 42.5 Å². The zero-order valence-corrected chi connectivity index (χ0v) is 24.9. The van der Waals surface area contributed by atoms with Gasteiger partial charge in [-0.2, -0.15) is 0 Å². The molecule has 0 saturated heterocycles. The first kappa shape index (κ1) is 27.1. The van der Waals surface area contributed by atoms with Crippen molar-refractivity contribution >= 4 is 49.9 Å². The maximum atomic E-state index is 6.97. The van der Waals surface area contributed by atoms with Crippen LogP contribution in [0.25, 0.3) is 44.1 Å². The van der Waals surface area contributed by atoms with Gasteiger partial charge in [-0.25, -0.2) is 0 Å². The summed E-state index contributed by atoms with van der Waals surface area (Å²) < 4.78 is 4.57. The average molecular weight is 571 g/mol. The zero-order valence-electron chi connectivity index (χ0n) is 24.9. The maximum Gasteiger partial charge on any atom is 0.133 e. The van der Waals surface area contributed by atoms with E-state index in [1.165, 1.54) is 33.1 Å². The van der Waals surface area contributed by atoms with E-state index in [0.29, 0.717) is 5.82 Å². The van der Waals surface area contributed by atoms with Gasteiger partial charge < -0.3 is 15.6 Å². The minimum atomic E-state index is 0.685. The second kappa shape index (κ2) is 11.5. The lowest BCUT2D eigenvalue weighted by atomic mass is 10.1. The van der Waals surface area contributed by atoms with Crippen molar-refractivity contribution in [3.05, 3.63) is 163 Å². The van der Waals surface area contributed by atoms with Crippen LogP contribution in [0, 0.1) is 13.8 Å². The van der Waals surface area contributed by atoms with Crippen LogP contribution < -0.4 is 11.1 Å². The molecule has 6 aromatic carbocycles. The number of nitrogen functional groups attached to an aromatic ring is 1. The number of hydrogen-bond acceptors (Lipinski definition) is 2. The smallest absolute Gasteiger partial charge is 0.133 e. The average Bonchev–Trinajstić information content (AvgIpc) is 3.54. The first-order valence-corrected chi connectivity index (χ1v) is 14.9. The van der Waals surface area contributed by atoms with Gasteiger partial charge in [0, 0.05) is 33.2 Å². The highest BCUT2D eigenvalue weighted by molar-refractivity contribution is 6.24. The fourth-order valence-electron chi connectivity index (χ4n) is 6.10. The normalized spacial score (nSPS) is 11.0. The fraction of sp³-hybridized carbons (Fsp3) is 0.0500. The van der Waals surface area contributed by atoms with Crippen molar-refractivity contribution in [2.45, 2.75) is 13.8 Å². The summed E-state index contributed by atoms with van der Waals surface area (Å²) in [5.74, 6) is 0.685. The van der Waals surface area contributed by atoms with Crippen molar-refractivity contribution in [3.8, 4) is 11.4 Å². The molecular formula is C40H34N4. The Morgan fingerprint density at radius 1 is 0.523 bits per heavy atom. The molecule has 4 nitrogen and oxygen atoms in total. The Hall–Kier alpha value is -5.74. The molecule has 2 aromatic heterocycles. The molecule has 0 saturated carbocycles. The predicted molar refractivity (Wildman–Crippen MR) is 188 cm³/mol. The summed E-state index contributed by atoms with van der Waals surface area (Å²) in [5, 5.41) is 7.09. The van der Waals surface area contributed by atoms with Gasteiger partial charge in [-0.3, -0.25) is 4.57 Å². The van der Waals surface area contributed by atoms with E-state index in [4.69, 9.17) is 5.73 Å². The molecule has 44 heavy (non-hydrogen) atoms. The molecule has 0 radical (unpaired) electrons.